The van der Waals surface area contributed by atoms with E-state index in [-0.39, 0.29) is 11.9 Å². The summed E-state index contributed by atoms with van der Waals surface area (Å²) in [6, 6.07) is 8.72. The average molecular weight is 308 g/mol. The van der Waals surface area contributed by atoms with Crippen molar-refractivity contribution in [1.82, 2.24) is 10.6 Å². The number of rotatable bonds is 10. The molecule has 1 amide bonds. The van der Waals surface area contributed by atoms with Gasteiger partial charge in [0.2, 0.25) is 5.91 Å². The second-order valence-electron chi connectivity index (χ2n) is 5.37. The quantitative estimate of drug-likeness (QED) is 0.513. The molecule has 1 unspecified atom stereocenters. The van der Waals surface area contributed by atoms with Crippen molar-refractivity contribution in [2.24, 2.45) is 0 Å². The highest BCUT2D eigenvalue weighted by Crippen LogP contribution is 2.18. The van der Waals surface area contributed by atoms with Crippen molar-refractivity contribution >= 4 is 17.7 Å². The molecule has 118 valence electrons. The number of nitrogens with one attached hydrogen (secondary N) is 2. The minimum atomic E-state index is 0.120. The number of benzene rings is 1. The molecule has 0 fully saturated rings. The molecular formula is C17H28N2OS. The Kier molecular flexibility index (Phi) is 9.19. The lowest BCUT2D eigenvalue weighted by atomic mass is 10.2. The van der Waals surface area contributed by atoms with Crippen LogP contribution in [-0.4, -0.2) is 24.2 Å². The Hall–Kier alpha value is -1.00. The first-order chi connectivity index (χ1) is 10.2. The van der Waals surface area contributed by atoms with Crippen molar-refractivity contribution in [1.29, 1.82) is 0 Å². The number of hydrogen-bond donors (Lipinski definition) is 2. The molecule has 0 bridgehead atoms. The van der Waals surface area contributed by atoms with Gasteiger partial charge in [-0.3, -0.25) is 4.79 Å². The minimum absolute atomic E-state index is 0.120. The van der Waals surface area contributed by atoms with E-state index in [1.807, 2.05) is 0 Å². The van der Waals surface area contributed by atoms with E-state index >= 15 is 0 Å². The van der Waals surface area contributed by atoms with Gasteiger partial charge in [0, 0.05) is 17.5 Å². The first kappa shape index (κ1) is 18.1. The third kappa shape index (κ3) is 8.12. The van der Waals surface area contributed by atoms with Gasteiger partial charge in [-0.1, -0.05) is 32.4 Å². The molecule has 0 aromatic heterocycles. The van der Waals surface area contributed by atoms with E-state index in [2.05, 4.69) is 55.7 Å². The summed E-state index contributed by atoms with van der Waals surface area (Å²) >= 11 is 1.59. The van der Waals surface area contributed by atoms with Crippen molar-refractivity contribution in [3.8, 4) is 0 Å². The smallest absolute Gasteiger partial charge is 0.230 e. The highest BCUT2D eigenvalue weighted by Gasteiger charge is 2.07. The zero-order chi connectivity index (χ0) is 15.5. The monoisotopic (exact) mass is 308 g/mol. The SMILES string of the molecule is CCCNCc1ccc(SCC(=O)NC(C)CCC)cc1. The van der Waals surface area contributed by atoms with Crippen LogP contribution >= 0.6 is 11.8 Å². The fraction of sp³-hybridized carbons (Fsp3) is 0.588. The molecule has 0 aliphatic heterocycles. The summed E-state index contributed by atoms with van der Waals surface area (Å²) in [6.07, 6.45) is 3.29. The molecular weight excluding hydrogens is 280 g/mol. The highest BCUT2D eigenvalue weighted by atomic mass is 32.2. The van der Waals surface area contributed by atoms with Gasteiger partial charge >= 0.3 is 0 Å². The maximum atomic E-state index is 11.8. The van der Waals surface area contributed by atoms with E-state index in [0.717, 1.165) is 37.2 Å². The van der Waals surface area contributed by atoms with E-state index in [9.17, 15) is 4.79 Å². The zero-order valence-corrected chi connectivity index (χ0v) is 14.3. The van der Waals surface area contributed by atoms with Crippen molar-refractivity contribution < 1.29 is 4.79 Å². The van der Waals surface area contributed by atoms with Crippen molar-refractivity contribution in [2.75, 3.05) is 12.3 Å². The molecule has 21 heavy (non-hydrogen) atoms. The van der Waals surface area contributed by atoms with Gasteiger partial charge in [0.05, 0.1) is 5.75 Å². The van der Waals surface area contributed by atoms with Gasteiger partial charge in [-0.25, -0.2) is 0 Å². The zero-order valence-electron chi connectivity index (χ0n) is 13.4. The lowest BCUT2D eigenvalue weighted by Gasteiger charge is -2.12. The molecule has 0 aliphatic rings. The Labute approximate surface area is 133 Å². The van der Waals surface area contributed by atoms with Crippen LogP contribution in [0.3, 0.4) is 0 Å². The molecule has 0 spiro atoms. The molecule has 0 radical (unpaired) electrons. The highest BCUT2D eigenvalue weighted by molar-refractivity contribution is 8.00. The van der Waals surface area contributed by atoms with Gasteiger partial charge in [0.15, 0.2) is 0 Å². The van der Waals surface area contributed by atoms with Crippen LogP contribution in [0, 0.1) is 0 Å². The maximum Gasteiger partial charge on any atom is 0.230 e. The number of amides is 1. The third-order valence-corrected chi connectivity index (χ3v) is 4.19. The fourth-order valence-electron chi connectivity index (χ4n) is 2.08. The van der Waals surface area contributed by atoms with Crippen LogP contribution in [-0.2, 0) is 11.3 Å². The molecule has 1 aromatic carbocycles. The van der Waals surface area contributed by atoms with E-state index in [1.54, 1.807) is 11.8 Å². The van der Waals surface area contributed by atoms with E-state index in [1.165, 1.54) is 5.56 Å². The van der Waals surface area contributed by atoms with Crippen LogP contribution in [0.15, 0.2) is 29.2 Å². The van der Waals surface area contributed by atoms with Crippen LogP contribution < -0.4 is 10.6 Å². The van der Waals surface area contributed by atoms with Gasteiger partial charge < -0.3 is 10.6 Å². The van der Waals surface area contributed by atoms with Crippen molar-refractivity contribution in [2.45, 2.75) is 57.5 Å². The Morgan fingerprint density at radius 3 is 2.52 bits per heavy atom. The second-order valence-corrected chi connectivity index (χ2v) is 6.42. The Balaban J connectivity index is 2.30. The van der Waals surface area contributed by atoms with Gasteiger partial charge in [0.1, 0.15) is 0 Å². The van der Waals surface area contributed by atoms with Crippen LogP contribution in [0.25, 0.3) is 0 Å². The summed E-state index contributed by atoms with van der Waals surface area (Å²) in [5.74, 6) is 0.608. The predicted molar refractivity (Wildman–Crippen MR) is 91.7 cm³/mol. The summed E-state index contributed by atoms with van der Waals surface area (Å²) < 4.78 is 0. The maximum absolute atomic E-state index is 11.8. The summed E-state index contributed by atoms with van der Waals surface area (Å²) in [4.78, 5) is 12.9. The van der Waals surface area contributed by atoms with Gasteiger partial charge in [-0.05, 0) is 44.0 Å². The van der Waals surface area contributed by atoms with E-state index < -0.39 is 0 Å². The van der Waals surface area contributed by atoms with Gasteiger partial charge in [-0.15, -0.1) is 11.8 Å². The standard InChI is InChI=1S/C17H28N2OS/c1-4-6-14(3)19-17(20)13-21-16-9-7-15(8-10-16)12-18-11-5-2/h7-10,14,18H,4-6,11-13H2,1-3H3,(H,19,20). The van der Waals surface area contributed by atoms with Crippen LogP contribution in [0.2, 0.25) is 0 Å². The van der Waals surface area contributed by atoms with Crippen LogP contribution in [0.5, 0.6) is 0 Å². The summed E-state index contributed by atoms with van der Waals surface area (Å²) in [7, 11) is 0. The Bertz CT molecular complexity index is 406. The third-order valence-electron chi connectivity index (χ3n) is 3.18. The average Bonchev–Trinajstić information content (AvgIpc) is 2.47. The van der Waals surface area contributed by atoms with Crippen molar-refractivity contribution in [3.05, 3.63) is 29.8 Å². The normalized spacial score (nSPS) is 12.1. The molecule has 0 aliphatic carbocycles. The summed E-state index contributed by atoms with van der Waals surface area (Å²) in [5.41, 5.74) is 1.29. The predicted octanol–water partition coefficient (Wildman–Crippen LogP) is 3.58. The first-order valence-electron chi connectivity index (χ1n) is 7.87. The lowest BCUT2D eigenvalue weighted by molar-refractivity contribution is -0.119. The topological polar surface area (TPSA) is 41.1 Å². The van der Waals surface area contributed by atoms with Gasteiger partial charge in [-0.2, -0.15) is 0 Å². The molecule has 0 heterocycles. The lowest BCUT2D eigenvalue weighted by Crippen LogP contribution is -2.33. The first-order valence-corrected chi connectivity index (χ1v) is 8.86. The number of hydrogen-bond acceptors (Lipinski definition) is 3. The van der Waals surface area contributed by atoms with E-state index in [0.29, 0.717) is 5.75 Å². The molecule has 0 saturated carbocycles. The summed E-state index contributed by atoms with van der Waals surface area (Å²) in [5, 5.41) is 6.41. The Morgan fingerprint density at radius 2 is 1.90 bits per heavy atom. The van der Waals surface area contributed by atoms with Crippen molar-refractivity contribution in [3.63, 3.8) is 0 Å². The summed E-state index contributed by atoms with van der Waals surface area (Å²) in [6.45, 7) is 8.32. The number of thioether (sulfide) groups is 1. The number of carbonyl (C=O) groups excluding carboxylic acids is 1. The largest absolute Gasteiger partial charge is 0.353 e. The molecule has 3 nitrogen and oxygen atoms in total. The Morgan fingerprint density at radius 1 is 1.19 bits per heavy atom. The number of carbonyl (C=O) groups is 1. The minimum Gasteiger partial charge on any atom is -0.353 e. The van der Waals surface area contributed by atoms with E-state index in [4.69, 9.17) is 0 Å². The molecule has 1 rings (SSSR count). The van der Waals surface area contributed by atoms with Crippen LogP contribution in [0.4, 0.5) is 0 Å². The molecule has 1 atom stereocenters. The fourth-order valence-corrected chi connectivity index (χ4v) is 2.79. The molecule has 0 saturated heterocycles. The van der Waals surface area contributed by atoms with Crippen LogP contribution in [0.1, 0.15) is 45.6 Å². The molecule has 2 N–H and O–H groups in total. The molecule has 1 aromatic rings. The molecule has 4 heteroatoms. The van der Waals surface area contributed by atoms with Gasteiger partial charge in [0.25, 0.3) is 0 Å². The second kappa shape index (κ2) is 10.7.